The van der Waals surface area contributed by atoms with Crippen LogP contribution in [0.3, 0.4) is 0 Å². The summed E-state index contributed by atoms with van der Waals surface area (Å²) in [5, 5.41) is 7.64. The average molecular weight is 864 g/mol. The van der Waals surface area contributed by atoms with Gasteiger partial charge in [-0.25, -0.2) is 19.6 Å². The Labute approximate surface area is 326 Å². The number of halogens is 7. The summed E-state index contributed by atoms with van der Waals surface area (Å²) in [6, 6.07) is 0. The van der Waals surface area contributed by atoms with Gasteiger partial charge in [-0.05, 0) is 92.0 Å². The molecule has 10 fully saturated rings. The summed E-state index contributed by atoms with van der Waals surface area (Å²) in [6.45, 7) is 13.8. The topological polar surface area (TPSA) is 103 Å². The zero-order valence-electron chi connectivity index (χ0n) is 32.0. The first kappa shape index (κ1) is 43.5. The van der Waals surface area contributed by atoms with Gasteiger partial charge in [0.15, 0.2) is 23.8 Å². The quantitative estimate of drug-likeness (QED) is 0.0978. The Bertz CT molecular complexity index is 1470. The molecule has 10 rings (SSSR count). The summed E-state index contributed by atoms with van der Waals surface area (Å²) in [4.78, 5) is 22.9. The number of fused-ring (bicyclic) bond motifs is 4. The van der Waals surface area contributed by atoms with Crippen LogP contribution in [0.1, 0.15) is 92.9 Å². The van der Waals surface area contributed by atoms with Gasteiger partial charge in [-0.3, -0.25) is 0 Å². The van der Waals surface area contributed by atoms with E-state index in [0.717, 1.165) is 25.7 Å². The highest BCUT2D eigenvalue weighted by Crippen LogP contribution is 2.66. The van der Waals surface area contributed by atoms with Crippen molar-refractivity contribution in [1.29, 1.82) is 0 Å². The molecule has 17 heteroatoms. The van der Waals surface area contributed by atoms with E-state index >= 15 is 0 Å². The number of terminal acetylenes is 1. The molecule has 2 spiro atoms. The van der Waals surface area contributed by atoms with E-state index in [2.05, 4.69) is 42.8 Å². The minimum atomic E-state index is -4.73. The van der Waals surface area contributed by atoms with Crippen LogP contribution in [0.25, 0.3) is 0 Å². The van der Waals surface area contributed by atoms with E-state index in [1.807, 2.05) is 5.92 Å². The molecule has 8 aliphatic heterocycles. The average Bonchev–Trinajstić information content (AvgIpc) is 3.49. The molecule has 55 heavy (non-hydrogen) atoms. The van der Waals surface area contributed by atoms with E-state index in [9.17, 15) is 26.3 Å². The van der Waals surface area contributed by atoms with Crippen LogP contribution in [-0.2, 0) is 43.2 Å². The predicted molar refractivity (Wildman–Crippen MR) is 185 cm³/mol. The molecule has 2 aliphatic carbocycles. The van der Waals surface area contributed by atoms with Gasteiger partial charge in [0, 0.05) is 36.5 Å². The molecule has 314 valence electrons. The first-order valence-electron chi connectivity index (χ1n) is 19.1. The minimum absolute atomic E-state index is 0.00124. The maximum Gasteiger partial charge on any atom is 0.443 e. The van der Waals surface area contributed by atoms with Crippen molar-refractivity contribution in [3.63, 3.8) is 0 Å². The van der Waals surface area contributed by atoms with Gasteiger partial charge in [0.05, 0.1) is 6.61 Å². The summed E-state index contributed by atoms with van der Waals surface area (Å²) in [6.07, 6.45) is -0.218. The fourth-order valence-electron chi connectivity index (χ4n) is 10.9. The largest absolute Gasteiger partial charge is 0.443 e. The summed E-state index contributed by atoms with van der Waals surface area (Å²) in [7, 11) is 0. The molecule has 1 N–H and O–H groups in total. The van der Waals surface area contributed by atoms with E-state index in [1.165, 1.54) is 13.0 Å². The molecule has 0 radical (unpaired) electrons. The van der Waals surface area contributed by atoms with Crippen molar-refractivity contribution in [3.05, 3.63) is 12.7 Å². The lowest BCUT2D eigenvalue weighted by Gasteiger charge is -2.62. The lowest BCUT2D eigenvalue weighted by atomic mass is 9.57. The standard InChI is InChI=1S/C19H27F3O5.C16H22BrF3O4.C3H4O/c1-5-10-23-18(19(20,21)22)12(3)14-7-6-11(2)13-8-9-16(4)24-15(25-18)17(13,14)27-26-16;1-8-4-5-11-9(2)15(17,16(18,19)20)22-12-14(11)10(8)6-7-13(3,21-12)23-24-14;1-2-3-4/h5,11-15H,1,6-10H2,2-4H3;8-12H,4-7H2,1-3H3;1,4H,3H2/t11-,12-,13?,14+,15+,16+,17-,18-;8-,9-,10?,11+,12+,13+,14-,15-;/m11./s1. The van der Waals surface area contributed by atoms with Crippen molar-refractivity contribution in [2.24, 2.45) is 47.3 Å². The number of rotatable bonds is 3. The Kier molecular flexibility index (Phi) is 11.8. The second-order valence-corrected chi connectivity index (χ2v) is 18.1. The van der Waals surface area contributed by atoms with Crippen molar-refractivity contribution in [2.45, 2.75) is 151 Å². The molecular weight excluding hydrogens is 810 g/mol. The van der Waals surface area contributed by atoms with Crippen molar-refractivity contribution in [2.75, 3.05) is 13.2 Å². The zero-order chi connectivity index (χ0) is 40.6. The Morgan fingerprint density at radius 1 is 0.727 bits per heavy atom. The number of hydrogen-bond acceptors (Lipinski definition) is 10. The second kappa shape index (κ2) is 14.9. The lowest BCUT2D eigenvalue weighted by molar-refractivity contribution is -0.598. The third-order valence-corrected chi connectivity index (χ3v) is 15.2. The number of aliphatic hydroxyl groups is 1. The summed E-state index contributed by atoms with van der Waals surface area (Å²) in [5.41, 5.74) is -2.03. The van der Waals surface area contributed by atoms with Crippen molar-refractivity contribution in [1.82, 2.24) is 0 Å². The molecular formula is C38H53BrF6O10. The highest BCUT2D eigenvalue weighted by Gasteiger charge is 2.78. The number of hydrogen-bond donors (Lipinski definition) is 1. The molecule has 0 aromatic carbocycles. The van der Waals surface area contributed by atoms with Crippen molar-refractivity contribution in [3.8, 4) is 12.3 Å². The Hall–Kier alpha value is -1.04. The van der Waals surface area contributed by atoms with Crippen molar-refractivity contribution >= 4 is 15.9 Å². The Balaban J connectivity index is 0.000000172. The van der Waals surface area contributed by atoms with Gasteiger partial charge in [-0.1, -0.05) is 39.7 Å². The summed E-state index contributed by atoms with van der Waals surface area (Å²) in [5.74, 6) is -4.97. The fraction of sp³-hybridized carbons (Fsp3) is 0.895. The van der Waals surface area contributed by atoms with Gasteiger partial charge < -0.3 is 28.8 Å². The minimum Gasteiger partial charge on any atom is -0.384 e. The van der Waals surface area contributed by atoms with Crippen LogP contribution in [0.4, 0.5) is 26.3 Å². The van der Waals surface area contributed by atoms with E-state index in [1.54, 1.807) is 20.8 Å². The summed E-state index contributed by atoms with van der Waals surface area (Å²) < 4.78 is 110. The van der Waals surface area contributed by atoms with Gasteiger partial charge >= 0.3 is 12.4 Å². The normalized spacial score (nSPS) is 51.0. The molecule has 0 amide bonds. The van der Waals surface area contributed by atoms with Crippen LogP contribution in [0, 0.1) is 59.7 Å². The van der Waals surface area contributed by atoms with Crippen molar-refractivity contribution < 1.29 is 74.7 Å². The molecule has 0 aromatic rings. The highest BCUT2D eigenvalue weighted by atomic mass is 79.9. The molecule has 16 atom stereocenters. The van der Waals surface area contributed by atoms with E-state index < -0.39 is 75.8 Å². The van der Waals surface area contributed by atoms with E-state index in [4.69, 9.17) is 48.3 Å². The van der Waals surface area contributed by atoms with Gasteiger partial charge in [0.1, 0.15) is 6.61 Å². The van der Waals surface area contributed by atoms with Crippen LogP contribution < -0.4 is 0 Å². The second-order valence-electron chi connectivity index (χ2n) is 16.9. The molecule has 0 aromatic heterocycles. The van der Waals surface area contributed by atoms with Crippen LogP contribution in [0.5, 0.6) is 0 Å². The van der Waals surface area contributed by atoms with E-state index in [0.29, 0.717) is 31.6 Å². The monoisotopic (exact) mass is 862 g/mol. The Morgan fingerprint density at radius 2 is 1.18 bits per heavy atom. The van der Waals surface area contributed by atoms with Gasteiger partial charge in [-0.2, -0.15) is 26.3 Å². The van der Waals surface area contributed by atoms with Crippen LogP contribution in [0.2, 0.25) is 0 Å². The molecule has 2 unspecified atom stereocenters. The smallest absolute Gasteiger partial charge is 0.384 e. The highest BCUT2D eigenvalue weighted by molar-refractivity contribution is 9.10. The lowest BCUT2D eigenvalue weighted by Crippen LogP contribution is -2.76. The van der Waals surface area contributed by atoms with Crippen LogP contribution in [0.15, 0.2) is 12.7 Å². The third kappa shape index (κ3) is 6.73. The number of alkyl halides is 7. The Morgan fingerprint density at radius 3 is 1.60 bits per heavy atom. The number of ether oxygens (including phenoxy) is 5. The molecule has 8 heterocycles. The zero-order valence-corrected chi connectivity index (χ0v) is 33.6. The maximum atomic E-state index is 14.3. The maximum absolute atomic E-state index is 14.3. The molecule has 2 saturated carbocycles. The van der Waals surface area contributed by atoms with E-state index in [-0.39, 0.29) is 36.9 Å². The third-order valence-electron chi connectivity index (χ3n) is 13.8. The SMILES string of the molecule is C#CCO.C=CCO[C@@]1(C(F)(F)F)O[C@@H]2O[C@]3(C)CCC4[C@H](C)CC[C@@H]([C@H]1C)[C@]42OO3.C[C@@H]1CC[C@H]2[C@@H](C)[C@](Br)(C(F)(F)F)O[C@@H]3O[C@]4(C)CCC1[C@]32OO4. The van der Waals surface area contributed by atoms with Gasteiger partial charge in [0.25, 0.3) is 5.79 Å². The predicted octanol–water partition coefficient (Wildman–Crippen LogP) is 8.46. The number of aliphatic hydroxyl groups excluding tert-OH is 1. The fourth-order valence-corrected chi connectivity index (χ4v) is 11.4. The first-order chi connectivity index (χ1) is 25.5. The molecule has 8 saturated heterocycles. The van der Waals surface area contributed by atoms with Crippen LogP contribution >= 0.6 is 15.9 Å². The molecule has 10 nitrogen and oxygen atoms in total. The van der Waals surface area contributed by atoms with Gasteiger partial charge in [0.2, 0.25) is 16.1 Å². The molecule has 10 aliphatic rings. The first-order valence-corrected chi connectivity index (χ1v) is 19.9. The van der Waals surface area contributed by atoms with Gasteiger partial charge in [-0.15, -0.1) is 13.0 Å². The molecule has 4 bridgehead atoms. The van der Waals surface area contributed by atoms with Crippen LogP contribution in [-0.4, -0.2) is 76.3 Å². The summed E-state index contributed by atoms with van der Waals surface area (Å²) >= 11 is 2.87.